The highest BCUT2D eigenvalue weighted by molar-refractivity contribution is 5.96. The number of hydrogen-bond donors (Lipinski definition) is 1. The van der Waals surface area contributed by atoms with Crippen molar-refractivity contribution in [2.24, 2.45) is 0 Å². The van der Waals surface area contributed by atoms with Gasteiger partial charge in [-0.3, -0.25) is 4.79 Å². The lowest BCUT2D eigenvalue weighted by Gasteiger charge is -2.22. The number of hydrogen-bond acceptors (Lipinski definition) is 4. The third-order valence-corrected chi connectivity index (χ3v) is 4.39. The van der Waals surface area contributed by atoms with E-state index >= 15 is 0 Å². The van der Waals surface area contributed by atoms with Crippen LogP contribution in [-0.2, 0) is 4.79 Å². The summed E-state index contributed by atoms with van der Waals surface area (Å²) in [6.45, 7) is 5.97. The van der Waals surface area contributed by atoms with Gasteiger partial charge in [0.25, 0.3) is 0 Å². The van der Waals surface area contributed by atoms with E-state index in [1.54, 1.807) is 10.8 Å². The molecule has 1 aliphatic heterocycles. The van der Waals surface area contributed by atoms with Crippen molar-refractivity contribution in [1.82, 2.24) is 14.6 Å². The predicted molar refractivity (Wildman–Crippen MR) is 90.8 cm³/mol. The van der Waals surface area contributed by atoms with Crippen LogP contribution < -0.4 is 5.32 Å². The van der Waals surface area contributed by atoms with Gasteiger partial charge in [0.15, 0.2) is 11.5 Å². The molecule has 0 unspecified atom stereocenters. The van der Waals surface area contributed by atoms with Gasteiger partial charge >= 0.3 is 0 Å². The van der Waals surface area contributed by atoms with E-state index in [0.717, 1.165) is 33.9 Å². The average molecular weight is 322 g/mol. The minimum Gasteiger partial charge on any atom is -0.465 e. The van der Waals surface area contributed by atoms with Crippen LogP contribution in [0.4, 0.5) is 5.82 Å². The molecule has 3 aromatic rings. The van der Waals surface area contributed by atoms with Gasteiger partial charge in [0.05, 0.1) is 6.26 Å². The molecule has 1 aliphatic rings. The van der Waals surface area contributed by atoms with Crippen molar-refractivity contribution in [3.63, 3.8) is 0 Å². The van der Waals surface area contributed by atoms with Gasteiger partial charge in [-0.25, -0.2) is 9.50 Å². The smallest absolute Gasteiger partial charge is 0.226 e. The third kappa shape index (κ3) is 2.31. The summed E-state index contributed by atoms with van der Waals surface area (Å²) in [5, 5.41) is 7.42. The quantitative estimate of drug-likeness (QED) is 0.784. The molecule has 0 aromatic carbocycles. The first-order chi connectivity index (χ1) is 11.5. The van der Waals surface area contributed by atoms with Crippen molar-refractivity contribution < 1.29 is 9.21 Å². The zero-order valence-corrected chi connectivity index (χ0v) is 13.8. The molecule has 0 radical (unpaired) electrons. The summed E-state index contributed by atoms with van der Waals surface area (Å²) in [5.74, 6) is 1.28. The predicted octanol–water partition coefficient (Wildman–Crippen LogP) is 3.47. The number of aromatic nitrogens is 3. The van der Waals surface area contributed by atoms with Crippen LogP contribution >= 0.6 is 0 Å². The number of anilines is 1. The van der Waals surface area contributed by atoms with E-state index in [-0.39, 0.29) is 11.8 Å². The molecule has 122 valence electrons. The number of amides is 1. The summed E-state index contributed by atoms with van der Waals surface area (Å²) >= 11 is 0. The van der Waals surface area contributed by atoms with Gasteiger partial charge in [-0.2, -0.15) is 0 Å². The molecule has 0 spiro atoms. The number of allylic oxidation sites excluding steroid dienone is 1. The molecular formula is C18H18N4O2. The number of nitrogens with one attached hydrogen (secondary N) is 1. The molecule has 1 amide bonds. The van der Waals surface area contributed by atoms with Crippen LogP contribution in [0.1, 0.15) is 42.0 Å². The minimum absolute atomic E-state index is 0.0301. The van der Waals surface area contributed by atoms with E-state index in [1.807, 2.05) is 45.0 Å². The molecule has 24 heavy (non-hydrogen) atoms. The van der Waals surface area contributed by atoms with Gasteiger partial charge in [0.1, 0.15) is 5.76 Å². The highest BCUT2D eigenvalue weighted by Gasteiger charge is 2.32. The summed E-state index contributed by atoms with van der Waals surface area (Å²) in [6.07, 6.45) is 3.99. The van der Waals surface area contributed by atoms with Gasteiger partial charge in [0.2, 0.25) is 5.91 Å². The zero-order chi connectivity index (χ0) is 16.8. The van der Waals surface area contributed by atoms with Crippen LogP contribution in [0, 0.1) is 13.8 Å². The SMILES string of the molecule is C/C(=C\c1ccco1)[C@H]1CC(=O)Nc2nn3c(C)cc(C)nc3c21. The maximum atomic E-state index is 12.1. The Balaban J connectivity index is 1.91. The lowest BCUT2D eigenvalue weighted by Crippen LogP contribution is -2.23. The number of carbonyl (C=O) groups is 1. The molecule has 4 heterocycles. The van der Waals surface area contributed by atoms with Crippen molar-refractivity contribution in [2.75, 3.05) is 5.32 Å². The zero-order valence-electron chi connectivity index (χ0n) is 13.8. The second-order valence-corrected chi connectivity index (χ2v) is 6.25. The van der Waals surface area contributed by atoms with E-state index in [1.165, 1.54) is 0 Å². The summed E-state index contributed by atoms with van der Waals surface area (Å²) in [7, 11) is 0. The lowest BCUT2D eigenvalue weighted by atomic mass is 9.87. The largest absolute Gasteiger partial charge is 0.465 e. The Labute approximate surface area is 139 Å². The Hall–Kier alpha value is -2.89. The van der Waals surface area contributed by atoms with Gasteiger partial charge in [0, 0.05) is 29.3 Å². The van der Waals surface area contributed by atoms with Crippen molar-refractivity contribution in [1.29, 1.82) is 0 Å². The van der Waals surface area contributed by atoms with Gasteiger partial charge in [-0.1, -0.05) is 5.57 Å². The molecule has 0 bridgehead atoms. The molecule has 1 atom stereocenters. The Morgan fingerprint density at radius 1 is 1.46 bits per heavy atom. The topological polar surface area (TPSA) is 72.4 Å². The van der Waals surface area contributed by atoms with Crippen LogP contribution in [0.2, 0.25) is 0 Å². The Morgan fingerprint density at radius 2 is 2.29 bits per heavy atom. The number of rotatable bonds is 2. The summed E-state index contributed by atoms with van der Waals surface area (Å²) in [4.78, 5) is 16.8. The number of carbonyl (C=O) groups excluding carboxylic acids is 1. The molecule has 1 N–H and O–H groups in total. The molecule has 4 rings (SSSR count). The summed E-state index contributed by atoms with van der Waals surface area (Å²) in [5.41, 5.74) is 4.76. The van der Waals surface area contributed by atoms with Gasteiger partial charge < -0.3 is 9.73 Å². The molecule has 3 aromatic heterocycles. The fraction of sp³-hybridized carbons (Fsp3) is 0.278. The average Bonchev–Trinajstić information content (AvgIpc) is 3.14. The standard InChI is InChI=1S/C18H18N4O2/c1-10(7-13-5-4-6-24-13)14-9-15(23)20-17-16(14)18-19-11(2)8-12(3)22(18)21-17/h4-8,14H,9H2,1-3H3,(H,20,21,23)/b10-7+/t14-/m1/s1. The van der Waals surface area contributed by atoms with E-state index in [0.29, 0.717) is 12.2 Å². The maximum Gasteiger partial charge on any atom is 0.226 e. The molecule has 6 heteroatoms. The Morgan fingerprint density at radius 3 is 3.04 bits per heavy atom. The molecular weight excluding hydrogens is 304 g/mol. The van der Waals surface area contributed by atoms with Crippen molar-refractivity contribution >= 4 is 23.4 Å². The first-order valence-electron chi connectivity index (χ1n) is 7.91. The van der Waals surface area contributed by atoms with E-state index in [2.05, 4.69) is 15.4 Å². The van der Waals surface area contributed by atoms with Crippen LogP contribution in [0.15, 0.2) is 34.5 Å². The fourth-order valence-electron chi connectivity index (χ4n) is 3.31. The Bertz CT molecular complexity index is 967. The van der Waals surface area contributed by atoms with Crippen LogP contribution in [0.25, 0.3) is 11.7 Å². The van der Waals surface area contributed by atoms with Gasteiger partial charge in [-0.05, 0) is 45.0 Å². The summed E-state index contributed by atoms with van der Waals surface area (Å²) < 4.78 is 7.21. The summed E-state index contributed by atoms with van der Waals surface area (Å²) in [6, 6.07) is 5.73. The van der Waals surface area contributed by atoms with Crippen LogP contribution in [0.5, 0.6) is 0 Å². The molecule has 0 aliphatic carbocycles. The first-order valence-corrected chi connectivity index (χ1v) is 7.91. The van der Waals surface area contributed by atoms with Crippen LogP contribution in [-0.4, -0.2) is 20.5 Å². The highest BCUT2D eigenvalue weighted by atomic mass is 16.3. The van der Waals surface area contributed by atoms with Crippen molar-refractivity contribution in [3.8, 4) is 0 Å². The maximum absolute atomic E-state index is 12.1. The van der Waals surface area contributed by atoms with E-state index in [9.17, 15) is 4.79 Å². The number of nitrogens with zero attached hydrogens (tertiary/aromatic N) is 3. The lowest BCUT2D eigenvalue weighted by molar-refractivity contribution is -0.116. The van der Waals surface area contributed by atoms with Crippen molar-refractivity contribution in [2.45, 2.75) is 33.1 Å². The number of furan rings is 1. The van der Waals surface area contributed by atoms with E-state index < -0.39 is 0 Å². The molecule has 0 fully saturated rings. The fourth-order valence-corrected chi connectivity index (χ4v) is 3.31. The second-order valence-electron chi connectivity index (χ2n) is 6.25. The van der Waals surface area contributed by atoms with E-state index in [4.69, 9.17) is 4.42 Å². The number of aryl methyl sites for hydroxylation is 2. The molecule has 0 saturated carbocycles. The molecule has 6 nitrogen and oxygen atoms in total. The highest BCUT2D eigenvalue weighted by Crippen LogP contribution is 2.39. The van der Waals surface area contributed by atoms with Gasteiger partial charge in [-0.15, -0.1) is 5.10 Å². The van der Waals surface area contributed by atoms with Crippen LogP contribution in [0.3, 0.4) is 0 Å². The first kappa shape index (κ1) is 14.7. The monoisotopic (exact) mass is 322 g/mol. The Kier molecular flexibility index (Phi) is 3.26. The molecule has 0 saturated heterocycles. The normalized spacial score (nSPS) is 17.9. The third-order valence-electron chi connectivity index (χ3n) is 4.39. The number of fused-ring (bicyclic) bond motifs is 3. The second kappa shape index (κ2) is 5.33. The minimum atomic E-state index is -0.0648. The van der Waals surface area contributed by atoms with Crippen molar-refractivity contribution in [3.05, 3.63) is 52.7 Å².